The molecule has 19 heavy (non-hydrogen) atoms. The fourth-order valence-electron chi connectivity index (χ4n) is 2.94. The number of rotatable bonds is 4. The predicted octanol–water partition coefficient (Wildman–Crippen LogP) is 2.28. The van der Waals surface area contributed by atoms with Gasteiger partial charge >= 0.3 is 0 Å². The van der Waals surface area contributed by atoms with Gasteiger partial charge in [-0.05, 0) is 43.9 Å². The Kier molecular flexibility index (Phi) is 3.76. The number of nitrogens with zero attached hydrogens (tertiary/aromatic N) is 1. The first-order valence-corrected chi connectivity index (χ1v) is 7.08. The lowest BCUT2D eigenvalue weighted by molar-refractivity contribution is 0.149. The summed E-state index contributed by atoms with van der Waals surface area (Å²) >= 11 is 0. The van der Waals surface area contributed by atoms with E-state index in [2.05, 4.69) is 34.6 Å². The molecule has 1 aliphatic rings. The lowest BCUT2D eigenvalue weighted by Gasteiger charge is -2.16. The number of nitrogens with one attached hydrogen (secondary N) is 1. The van der Waals surface area contributed by atoms with E-state index in [0.717, 1.165) is 37.7 Å². The predicted molar refractivity (Wildman–Crippen MR) is 77.1 cm³/mol. The maximum Gasteiger partial charge on any atom is 0.0734 e. The maximum absolute atomic E-state index is 9.78. The zero-order valence-electron chi connectivity index (χ0n) is 11.0. The molecular formula is C16H20N2O. The number of pyridine rings is 1. The molecule has 3 heteroatoms. The van der Waals surface area contributed by atoms with Crippen molar-refractivity contribution in [1.82, 2.24) is 10.3 Å². The Bertz CT molecular complexity index is 550. The first kappa shape index (κ1) is 12.6. The van der Waals surface area contributed by atoms with Gasteiger partial charge in [0, 0.05) is 17.6 Å². The largest absolute Gasteiger partial charge is 0.392 e. The Morgan fingerprint density at radius 1 is 1.21 bits per heavy atom. The summed E-state index contributed by atoms with van der Waals surface area (Å²) in [5.41, 5.74) is 2.37. The van der Waals surface area contributed by atoms with Gasteiger partial charge in [-0.15, -0.1) is 0 Å². The van der Waals surface area contributed by atoms with Crippen molar-refractivity contribution in [2.45, 2.75) is 37.8 Å². The molecule has 0 unspecified atom stereocenters. The van der Waals surface area contributed by atoms with Crippen molar-refractivity contribution < 1.29 is 5.11 Å². The molecule has 1 heterocycles. The fourth-order valence-corrected chi connectivity index (χ4v) is 2.94. The van der Waals surface area contributed by atoms with Gasteiger partial charge in [0.05, 0.1) is 11.6 Å². The summed E-state index contributed by atoms with van der Waals surface area (Å²) in [6.45, 7) is 0.900. The third-order valence-corrected chi connectivity index (χ3v) is 4.00. The highest BCUT2D eigenvalue weighted by atomic mass is 16.3. The van der Waals surface area contributed by atoms with Crippen molar-refractivity contribution in [3.63, 3.8) is 0 Å². The quantitative estimate of drug-likeness (QED) is 0.882. The number of benzene rings is 1. The van der Waals surface area contributed by atoms with E-state index in [4.69, 9.17) is 0 Å². The monoisotopic (exact) mass is 256 g/mol. The van der Waals surface area contributed by atoms with Crippen molar-refractivity contribution in [2.75, 3.05) is 6.54 Å². The Hall–Kier alpha value is -1.45. The molecule has 0 bridgehead atoms. The van der Waals surface area contributed by atoms with Gasteiger partial charge in [0.15, 0.2) is 0 Å². The van der Waals surface area contributed by atoms with Crippen LogP contribution >= 0.6 is 0 Å². The van der Waals surface area contributed by atoms with Crippen molar-refractivity contribution in [3.8, 4) is 0 Å². The molecule has 0 radical (unpaired) electrons. The molecule has 0 saturated heterocycles. The molecular weight excluding hydrogens is 236 g/mol. The number of aromatic nitrogens is 1. The van der Waals surface area contributed by atoms with Crippen LogP contribution in [-0.4, -0.2) is 28.8 Å². The Morgan fingerprint density at radius 2 is 2.11 bits per heavy atom. The van der Waals surface area contributed by atoms with E-state index in [-0.39, 0.29) is 12.1 Å². The van der Waals surface area contributed by atoms with Gasteiger partial charge in [-0.1, -0.05) is 24.3 Å². The highest BCUT2D eigenvalue weighted by molar-refractivity contribution is 5.81. The van der Waals surface area contributed by atoms with Gasteiger partial charge in [0.2, 0.25) is 0 Å². The maximum atomic E-state index is 9.78. The molecule has 2 N–H and O–H groups in total. The Labute approximate surface area is 113 Å². The zero-order chi connectivity index (χ0) is 13.1. The zero-order valence-corrected chi connectivity index (χ0v) is 11.0. The second kappa shape index (κ2) is 5.68. The van der Waals surface area contributed by atoms with E-state index in [9.17, 15) is 5.11 Å². The lowest BCUT2D eigenvalue weighted by atomic mass is 10.1. The normalized spacial score (nSPS) is 23.0. The van der Waals surface area contributed by atoms with Crippen molar-refractivity contribution >= 4 is 10.9 Å². The van der Waals surface area contributed by atoms with Crippen LogP contribution in [0.25, 0.3) is 10.9 Å². The first-order chi connectivity index (χ1) is 9.34. The van der Waals surface area contributed by atoms with Gasteiger partial charge in [0.25, 0.3) is 0 Å². The summed E-state index contributed by atoms with van der Waals surface area (Å²) in [5, 5.41) is 14.4. The number of aliphatic hydroxyl groups excluding tert-OH is 1. The van der Waals surface area contributed by atoms with Crippen LogP contribution in [0.5, 0.6) is 0 Å². The van der Waals surface area contributed by atoms with Gasteiger partial charge in [-0.2, -0.15) is 0 Å². The molecule has 1 saturated carbocycles. The summed E-state index contributed by atoms with van der Waals surface area (Å²) < 4.78 is 0. The Balaban J connectivity index is 1.65. The average molecular weight is 256 g/mol. The Morgan fingerprint density at radius 3 is 2.95 bits per heavy atom. The van der Waals surface area contributed by atoms with Crippen LogP contribution in [-0.2, 0) is 6.42 Å². The summed E-state index contributed by atoms with van der Waals surface area (Å²) in [6, 6.07) is 10.7. The third kappa shape index (κ3) is 2.77. The number of para-hydroxylation sites is 1. The first-order valence-electron chi connectivity index (χ1n) is 7.08. The molecule has 1 aliphatic carbocycles. The number of fused-ring (bicyclic) bond motifs is 1. The molecule has 2 atom stereocenters. The molecule has 1 fully saturated rings. The van der Waals surface area contributed by atoms with Crippen LogP contribution in [0.3, 0.4) is 0 Å². The lowest BCUT2D eigenvalue weighted by Crippen LogP contribution is -2.36. The minimum absolute atomic E-state index is 0.161. The van der Waals surface area contributed by atoms with Gasteiger partial charge in [-0.3, -0.25) is 4.98 Å². The van der Waals surface area contributed by atoms with Crippen LogP contribution in [0, 0.1) is 0 Å². The van der Waals surface area contributed by atoms with Crippen LogP contribution < -0.4 is 5.32 Å². The number of hydrogen-bond donors (Lipinski definition) is 2. The molecule has 2 aromatic rings. The molecule has 1 aromatic heterocycles. The molecule has 1 aromatic carbocycles. The van der Waals surface area contributed by atoms with Crippen molar-refractivity contribution in [2.24, 2.45) is 0 Å². The van der Waals surface area contributed by atoms with Crippen molar-refractivity contribution in [1.29, 1.82) is 0 Å². The van der Waals surface area contributed by atoms with Crippen LogP contribution in [0.1, 0.15) is 24.8 Å². The molecule has 3 nitrogen and oxygen atoms in total. The van der Waals surface area contributed by atoms with E-state index in [1.165, 1.54) is 10.9 Å². The van der Waals surface area contributed by atoms with Crippen molar-refractivity contribution in [3.05, 3.63) is 42.1 Å². The van der Waals surface area contributed by atoms with E-state index in [1.54, 1.807) is 0 Å². The smallest absolute Gasteiger partial charge is 0.0734 e. The van der Waals surface area contributed by atoms with Crippen LogP contribution in [0.15, 0.2) is 36.5 Å². The number of aliphatic hydroxyl groups is 1. The second-order valence-corrected chi connectivity index (χ2v) is 5.30. The minimum Gasteiger partial charge on any atom is -0.392 e. The summed E-state index contributed by atoms with van der Waals surface area (Å²) in [4.78, 5) is 4.47. The van der Waals surface area contributed by atoms with E-state index < -0.39 is 0 Å². The SMILES string of the molecule is O[C@@H]1CCC[C@H]1NCCc1cccc2cccnc12. The van der Waals surface area contributed by atoms with Gasteiger partial charge < -0.3 is 10.4 Å². The highest BCUT2D eigenvalue weighted by Crippen LogP contribution is 2.19. The van der Waals surface area contributed by atoms with E-state index in [0.29, 0.717) is 0 Å². The standard InChI is InChI=1S/C16H20N2O/c19-15-8-2-7-14(15)17-11-9-13-5-1-4-12-6-3-10-18-16(12)13/h1,3-6,10,14-15,17,19H,2,7-9,11H2/t14-,15-/m1/s1. The van der Waals surface area contributed by atoms with Crippen LogP contribution in [0.2, 0.25) is 0 Å². The van der Waals surface area contributed by atoms with Gasteiger partial charge in [0.1, 0.15) is 0 Å². The fraction of sp³-hybridized carbons (Fsp3) is 0.438. The summed E-state index contributed by atoms with van der Waals surface area (Å²) in [5.74, 6) is 0. The highest BCUT2D eigenvalue weighted by Gasteiger charge is 2.24. The summed E-state index contributed by atoms with van der Waals surface area (Å²) in [6.07, 6.45) is 5.81. The molecule has 100 valence electrons. The summed E-state index contributed by atoms with van der Waals surface area (Å²) in [7, 11) is 0. The second-order valence-electron chi connectivity index (χ2n) is 5.30. The third-order valence-electron chi connectivity index (χ3n) is 4.00. The molecule has 3 rings (SSSR count). The van der Waals surface area contributed by atoms with E-state index >= 15 is 0 Å². The minimum atomic E-state index is -0.161. The van der Waals surface area contributed by atoms with E-state index in [1.807, 2.05) is 12.3 Å². The molecule has 0 amide bonds. The topological polar surface area (TPSA) is 45.1 Å². The average Bonchev–Trinajstić information content (AvgIpc) is 2.85. The van der Waals surface area contributed by atoms with Crippen LogP contribution in [0.4, 0.5) is 0 Å². The number of hydrogen-bond acceptors (Lipinski definition) is 3. The molecule has 0 spiro atoms. The molecule has 0 aliphatic heterocycles. The van der Waals surface area contributed by atoms with Gasteiger partial charge in [-0.25, -0.2) is 0 Å².